The van der Waals surface area contributed by atoms with Crippen molar-refractivity contribution < 1.29 is 28.7 Å². The molecule has 32 heavy (non-hydrogen) atoms. The number of Topliss-reactive ketones (excluding diaryl/α,β-unsaturated/α-hetero) is 1. The second-order valence-corrected chi connectivity index (χ2v) is 9.24. The number of hydrogen-bond donors (Lipinski definition) is 3. The Hall–Kier alpha value is -2.93. The summed E-state index contributed by atoms with van der Waals surface area (Å²) in [5.41, 5.74) is -0.529. The van der Waals surface area contributed by atoms with E-state index in [0.717, 1.165) is 24.8 Å². The van der Waals surface area contributed by atoms with Gasteiger partial charge in [0.1, 0.15) is 17.2 Å². The number of hydrogen-bond acceptors (Lipinski definition) is 7. The molecule has 0 aromatic carbocycles. The SMILES string of the molecule is CC(C)(C)OC(=O)NC(CC#N)C(=O)NCC(=O)NC(CC1=CCCC1)C(=O)C1(C)CO1. The Morgan fingerprint density at radius 3 is 2.47 bits per heavy atom. The van der Waals surface area contributed by atoms with Crippen molar-refractivity contribution in [1.29, 1.82) is 5.26 Å². The summed E-state index contributed by atoms with van der Waals surface area (Å²) in [7, 11) is 0. The molecule has 1 aliphatic carbocycles. The van der Waals surface area contributed by atoms with E-state index in [2.05, 4.69) is 22.0 Å². The van der Waals surface area contributed by atoms with Gasteiger partial charge in [0.2, 0.25) is 11.8 Å². The molecule has 10 nitrogen and oxygen atoms in total. The van der Waals surface area contributed by atoms with Gasteiger partial charge < -0.3 is 25.4 Å². The van der Waals surface area contributed by atoms with Crippen LogP contribution in [0.4, 0.5) is 4.79 Å². The summed E-state index contributed by atoms with van der Waals surface area (Å²) in [6.07, 6.45) is 4.23. The minimum absolute atomic E-state index is 0.195. The Balaban J connectivity index is 1.91. The number of nitriles is 1. The summed E-state index contributed by atoms with van der Waals surface area (Å²) in [5, 5.41) is 16.4. The van der Waals surface area contributed by atoms with Crippen molar-refractivity contribution in [2.75, 3.05) is 13.2 Å². The van der Waals surface area contributed by atoms with Crippen LogP contribution in [-0.4, -0.2) is 60.1 Å². The Labute approximate surface area is 188 Å². The summed E-state index contributed by atoms with van der Waals surface area (Å²) in [6.45, 7) is 6.61. The van der Waals surface area contributed by atoms with Gasteiger partial charge in [0.05, 0.1) is 31.7 Å². The lowest BCUT2D eigenvalue weighted by molar-refractivity contribution is -0.131. The Kier molecular flexibility index (Phi) is 8.38. The fourth-order valence-corrected chi connectivity index (χ4v) is 3.30. The number of allylic oxidation sites excluding steroid dienone is 1. The Morgan fingerprint density at radius 1 is 1.25 bits per heavy atom. The number of epoxide rings is 1. The molecule has 0 radical (unpaired) electrons. The molecule has 1 heterocycles. The zero-order valence-corrected chi connectivity index (χ0v) is 19.1. The van der Waals surface area contributed by atoms with Crippen molar-refractivity contribution in [3.05, 3.63) is 11.6 Å². The van der Waals surface area contributed by atoms with Gasteiger partial charge in [-0.1, -0.05) is 11.6 Å². The van der Waals surface area contributed by atoms with Gasteiger partial charge in [0.25, 0.3) is 0 Å². The Morgan fingerprint density at radius 2 is 1.94 bits per heavy atom. The number of alkyl carbamates (subject to hydrolysis) is 1. The smallest absolute Gasteiger partial charge is 0.408 e. The maximum Gasteiger partial charge on any atom is 0.408 e. The average molecular weight is 449 g/mol. The molecule has 2 rings (SSSR count). The Bertz CT molecular complexity index is 819. The van der Waals surface area contributed by atoms with E-state index in [4.69, 9.17) is 14.7 Å². The highest BCUT2D eigenvalue weighted by Gasteiger charge is 2.50. The van der Waals surface area contributed by atoms with E-state index in [1.54, 1.807) is 27.7 Å². The van der Waals surface area contributed by atoms with E-state index >= 15 is 0 Å². The molecular formula is C22H32N4O6. The lowest BCUT2D eigenvalue weighted by Crippen LogP contribution is -2.52. The van der Waals surface area contributed by atoms with Gasteiger partial charge in [-0.05, 0) is 53.4 Å². The molecule has 3 amide bonds. The van der Waals surface area contributed by atoms with E-state index in [9.17, 15) is 19.2 Å². The maximum atomic E-state index is 12.8. The average Bonchev–Trinajstić information content (AvgIpc) is 3.23. The first-order valence-corrected chi connectivity index (χ1v) is 10.7. The van der Waals surface area contributed by atoms with Crippen LogP contribution in [0.15, 0.2) is 11.6 Å². The normalized spacial score (nSPS) is 21.4. The molecule has 10 heteroatoms. The van der Waals surface area contributed by atoms with E-state index in [1.165, 1.54) is 0 Å². The van der Waals surface area contributed by atoms with Crippen molar-refractivity contribution in [2.24, 2.45) is 0 Å². The topological polar surface area (TPSA) is 150 Å². The number of nitrogens with zero attached hydrogens (tertiary/aromatic N) is 1. The molecule has 0 spiro atoms. The second-order valence-electron chi connectivity index (χ2n) is 9.24. The van der Waals surface area contributed by atoms with E-state index < -0.39 is 47.7 Å². The standard InChI is InChI=1S/C22H32N4O6/c1-21(2,3)32-20(30)26-15(9-10-23)19(29)24-12-17(27)25-16(11-14-7-5-6-8-14)18(28)22(4)13-31-22/h7,15-16H,5-6,8-9,11-13H2,1-4H3,(H,24,29)(H,25,27)(H,26,30). The highest BCUT2D eigenvalue weighted by Crippen LogP contribution is 2.31. The molecule has 0 aromatic rings. The molecule has 0 saturated carbocycles. The molecule has 3 N–H and O–H groups in total. The van der Waals surface area contributed by atoms with Gasteiger partial charge in [-0.3, -0.25) is 14.4 Å². The molecule has 1 saturated heterocycles. The predicted octanol–water partition coefficient (Wildman–Crippen LogP) is 1.25. The first-order chi connectivity index (χ1) is 14.9. The molecule has 176 valence electrons. The molecule has 0 aromatic heterocycles. The number of rotatable bonds is 10. The van der Waals surface area contributed by atoms with Crippen LogP contribution in [0.25, 0.3) is 0 Å². The highest BCUT2D eigenvalue weighted by molar-refractivity contribution is 5.97. The fourth-order valence-electron chi connectivity index (χ4n) is 3.30. The number of nitrogens with one attached hydrogen (secondary N) is 3. The summed E-state index contributed by atoms with van der Waals surface area (Å²) in [6, 6.07) is -0.103. The van der Waals surface area contributed by atoms with Gasteiger partial charge in [0.15, 0.2) is 5.78 Å². The number of ether oxygens (including phenoxy) is 2. The molecule has 1 fully saturated rings. The van der Waals surface area contributed by atoms with E-state index in [-0.39, 0.29) is 12.2 Å². The van der Waals surface area contributed by atoms with Crippen molar-refractivity contribution in [3.63, 3.8) is 0 Å². The van der Waals surface area contributed by atoms with Crippen molar-refractivity contribution >= 4 is 23.7 Å². The van der Waals surface area contributed by atoms with Crippen LogP contribution in [0.5, 0.6) is 0 Å². The summed E-state index contributed by atoms with van der Waals surface area (Å²) >= 11 is 0. The van der Waals surface area contributed by atoms with Gasteiger partial charge in [-0.25, -0.2) is 4.79 Å². The van der Waals surface area contributed by atoms with Crippen LogP contribution in [-0.2, 0) is 23.9 Å². The maximum absolute atomic E-state index is 12.8. The lowest BCUT2D eigenvalue weighted by Gasteiger charge is -2.23. The number of amides is 3. The zero-order chi connectivity index (χ0) is 23.9. The van der Waals surface area contributed by atoms with Gasteiger partial charge in [-0.2, -0.15) is 5.26 Å². The zero-order valence-electron chi connectivity index (χ0n) is 19.1. The van der Waals surface area contributed by atoms with Crippen LogP contribution in [0.2, 0.25) is 0 Å². The minimum Gasteiger partial charge on any atom is -0.444 e. The third-order valence-corrected chi connectivity index (χ3v) is 5.08. The summed E-state index contributed by atoms with van der Waals surface area (Å²) in [4.78, 5) is 49.5. The minimum atomic E-state index is -1.18. The number of carbonyl (C=O) groups is 4. The third-order valence-electron chi connectivity index (χ3n) is 5.08. The monoisotopic (exact) mass is 448 g/mol. The molecule has 1 aliphatic heterocycles. The predicted molar refractivity (Wildman–Crippen MR) is 114 cm³/mol. The van der Waals surface area contributed by atoms with Crippen LogP contribution in [0, 0.1) is 11.3 Å². The first kappa shape index (κ1) is 25.3. The van der Waals surface area contributed by atoms with Crippen LogP contribution < -0.4 is 16.0 Å². The van der Waals surface area contributed by atoms with Crippen molar-refractivity contribution in [3.8, 4) is 6.07 Å². The van der Waals surface area contributed by atoms with Crippen LogP contribution in [0.3, 0.4) is 0 Å². The van der Waals surface area contributed by atoms with Gasteiger partial charge in [0, 0.05) is 0 Å². The summed E-state index contributed by atoms with van der Waals surface area (Å²) in [5.74, 6) is -1.45. The second kappa shape index (κ2) is 10.6. The number of carbonyl (C=O) groups excluding carboxylic acids is 4. The molecule has 0 bridgehead atoms. The number of ketones is 1. The van der Waals surface area contributed by atoms with E-state index in [1.807, 2.05) is 6.07 Å². The van der Waals surface area contributed by atoms with Crippen molar-refractivity contribution in [1.82, 2.24) is 16.0 Å². The molecule has 3 unspecified atom stereocenters. The third kappa shape index (κ3) is 7.96. The fraction of sp³-hybridized carbons (Fsp3) is 0.682. The highest BCUT2D eigenvalue weighted by atomic mass is 16.6. The quantitative estimate of drug-likeness (QED) is 0.336. The van der Waals surface area contributed by atoms with Crippen molar-refractivity contribution in [2.45, 2.75) is 83.1 Å². The van der Waals surface area contributed by atoms with Crippen LogP contribution in [0.1, 0.15) is 59.8 Å². The molecule has 2 aliphatic rings. The lowest BCUT2D eigenvalue weighted by atomic mass is 9.94. The molecule has 3 atom stereocenters. The van der Waals surface area contributed by atoms with E-state index in [0.29, 0.717) is 13.0 Å². The van der Waals surface area contributed by atoms with Gasteiger partial charge in [-0.15, -0.1) is 0 Å². The first-order valence-electron chi connectivity index (χ1n) is 10.7. The summed E-state index contributed by atoms with van der Waals surface area (Å²) < 4.78 is 10.3. The largest absolute Gasteiger partial charge is 0.444 e. The van der Waals surface area contributed by atoms with Gasteiger partial charge >= 0.3 is 6.09 Å². The van der Waals surface area contributed by atoms with Crippen LogP contribution >= 0.6 is 0 Å². The molecular weight excluding hydrogens is 416 g/mol.